The maximum atomic E-state index is 12.3. The van der Waals surface area contributed by atoms with E-state index in [4.69, 9.17) is 9.47 Å². The van der Waals surface area contributed by atoms with E-state index in [2.05, 4.69) is 31.2 Å². The Morgan fingerprint density at radius 2 is 1.57 bits per heavy atom. The van der Waals surface area contributed by atoms with Gasteiger partial charge < -0.3 is 30.7 Å². The summed E-state index contributed by atoms with van der Waals surface area (Å²) in [6, 6.07) is 14.1. The van der Waals surface area contributed by atoms with Gasteiger partial charge in [-0.2, -0.15) is 0 Å². The van der Waals surface area contributed by atoms with Crippen molar-refractivity contribution in [2.75, 3.05) is 34.6 Å². The van der Waals surface area contributed by atoms with E-state index < -0.39 is 0 Å². The third kappa shape index (κ3) is 4.69. The Bertz CT molecular complexity index is 1060. The monoisotopic (exact) mass is 406 g/mol. The van der Waals surface area contributed by atoms with Gasteiger partial charge in [-0.3, -0.25) is 0 Å². The van der Waals surface area contributed by atoms with Crippen LogP contribution in [0.4, 0.5) is 33.5 Å². The number of nitrogens with zero attached hydrogens (tertiary/aromatic N) is 2. The van der Waals surface area contributed by atoms with Crippen LogP contribution in [0.3, 0.4) is 0 Å². The van der Waals surface area contributed by atoms with Crippen LogP contribution in [0.1, 0.15) is 12.7 Å². The van der Waals surface area contributed by atoms with Crippen molar-refractivity contribution in [1.29, 1.82) is 0 Å². The fourth-order valence-electron chi connectivity index (χ4n) is 2.96. The summed E-state index contributed by atoms with van der Waals surface area (Å²) in [5, 5.41) is 12.0. The Labute approximate surface area is 173 Å². The van der Waals surface area contributed by atoms with E-state index in [0.717, 1.165) is 18.1 Å². The first-order valence-electron chi connectivity index (χ1n) is 9.53. The summed E-state index contributed by atoms with van der Waals surface area (Å²) in [6.45, 7) is 4.83. The van der Waals surface area contributed by atoms with Crippen LogP contribution in [0.5, 0.6) is 11.5 Å². The van der Waals surface area contributed by atoms with Crippen LogP contribution in [-0.4, -0.2) is 29.3 Å². The van der Waals surface area contributed by atoms with E-state index in [1.54, 1.807) is 30.3 Å². The van der Waals surface area contributed by atoms with Crippen LogP contribution in [-0.2, 0) is 0 Å². The maximum Gasteiger partial charge on any atom is 0.323 e. The second-order valence-electron chi connectivity index (χ2n) is 6.57. The highest BCUT2D eigenvalue weighted by molar-refractivity contribution is 6.00. The van der Waals surface area contributed by atoms with Gasteiger partial charge in [-0.15, -0.1) is 0 Å². The highest BCUT2D eigenvalue weighted by atomic mass is 16.7. The number of rotatable bonds is 6. The number of fused-ring (bicyclic) bond motifs is 1. The average molecular weight is 406 g/mol. The fourth-order valence-corrected chi connectivity index (χ4v) is 2.96. The standard InChI is InChI=1S/C21H22N6O3/c1-3-22-19-11-20(24-13(2)23-19)25-14-4-6-15(7-5-14)26-21(28)27-16-8-9-17-18(10-16)30-12-29-17/h4-11H,3,12H2,1-2H3,(H2,26,27,28)(H2,22,23,24,25). The lowest BCUT2D eigenvalue weighted by Crippen LogP contribution is -2.19. The van der Waals surface area contributed by atoms with E-state index >= 15 is 0 Å². The maximum absolute atomic E-state index is 12.3. The normalized spacial score (nSPS) is 11.7. The molecule has 4 N–H and O–H groups in total. The lowest BCUT2D eigenvalue weighted by molar-refractivity contribution is 0.174. The molecule has 30 heavy (non-hydrogen) atoms. The quantitative estimate of drug-likeness (QED) is 0.482. The van der Waals surface area contributed by atoms with Gasteiger partial charge in [0.25, 0.3) is 0 Å². The summed E-state index contributed by atoms with van der Waals surface area (Å²) in [5.74, 6) is 3.42. The smallest absolute Gasteiger partial charge is 0.323 e. The minimum Gasteiger partial charge on any atom is -0.454 e. The summed E-state index contributed by atoms with van der Waals surface area (Å²) in [4.78, 5) is 21.0. The van der Waals surface area contributed by atoms with Gasteiger partial charge in [0.1, 0.15) is 17.5 Å². The van der Waals surface area contributed by atoms with Gasteiger partial charge >= 0.3 is 6.03 Å². The van der Waals surface area contributed by atoms with Gasteiger partial charge in [-0.05, 0) is 50.2 Å². The number of anilines is 5. The number of aromatic nitrogens is 2. The molecule has 9 heteroatoms. The molecule has 154 valence electrons. The molecular formula is C21H22N6O3. The summed E-state index contributed by atoms with van der Waals surface area (Å²) < 4.78 is 10.6. The predicted molar refractivity (Wildman–Crippen MR) is 116 cm³/mol. The molecule has 9 nitrogen and oxygen atoms in total. The van der Waals surface area contributed by atoms with Crippen LogP contribution in [0.2, 0.25) is 0 Å². The van der Waals surface area contributed by atoms with Crippen LogP contribution in [0.25, 0.3) is 0 Å². The summed E-state index contributed by atoms with van der Waals surface area (Å²) in [7, 11) is 0. The Balaban J connectivity index is 1.36. The average Bonchev–Trinajstić information content (AvgIpc) is 3.17. The fraction of sp³-hybridized carbons (Fsp3) is 0.190. The number of ether oxygens (including phenoxy) is 2. The van der Waals surface area contributed by atoms with E-state index in [1.807, 2.05) is 32.0 Å². The van der Waals surface area contributed by atoms with Crippen molar-refractivity contribution in [3.63, 3.8) is 0 Å². The van der Waals surface area contributed by atoms with Gasteiger partial charge in [0.2, 0.25) is 6.79 Å². The van der Waals surface area contributed by atoms with Gasteiger partial charge in [-0.1, -0.05) is 0 Å². The predicted octanol–water partition coefficient (Wildman–Crippen LogP) is 4.33. The SMILES string of the molecule is CCNc1cc(Nc2ccc(NC(=O)Nc3ccc4c(c3)OCO4)cc2)nc(C)n1. The van der Waals surface area contributed by atoms with Crippen molar-refractivity contribution in [2.24, 2.45) is 0 Å². The first kappa shape index (κ1) is 19.3. The van der Waals surface area contributed by atoms with Crippen LogP contribution < -0.4 is 30.7 Å². The lowest BCUT2D eigenvalue weighted by atomic mass is 10.2. The number of hydrogen-bond acceptors (Lipinski definition) is 7. The zero-order valence-corrected chi connectivity index (χ0v) is 16.7. The van der Waals surface area contributed by atoms with Gasteiger partial charge in [0.05, 0.1) is 0 Å². The summed E-state index contributed by atoms with van der Waals surface area (Å²) in [6.07, 6.45) is 0. The first-order valence-corrected chi connectivity index (χ1v) is 9.53. The largest absolute Gasteiger partial charge is 0.454 e. The molecule has 2 aromatic carbocycles. The van der Waals surface area contributed by atoms with Gasteiger partial charge in [0, 0.05) is 35.7 Å². The second-order valence-corrected chi connectivity index (χ2v) is 6.57. The van der Waals surface area contributed by atoms with Crippen LogP contribution in [0.15, 0.2) is 48.5 Å². The molecule has 1 aliphatic rings. The molecule has 0 bridgehead atoms. The molecule has 0 aliphatic carbocycles. The second kappa shape index (κ2) is 8.56. The molecule has 0 fully saturated rings. The van der Waals surface area contributed by atoms with E-state index in [9.17, 15) is 4.79 Å². The third-order valence-electron chi connectivity index (χ3n) is 4.24. The minimum atomic E-state index is -0.351. The third-order valence-corrected chi connectivity index (χ3v) is 4.24. The lowest BCUT2D eigenvalue weighted by Gasteiger charge is -2.11. The number of benzene rings is 2. The molecule has 0 atom stereocenters. The van der Waals surface area contributed by atoms with Crippen molar-refractivity contribution in [2.45, 2.75) is 13.8 Å². The Kier molecular flexibility index (Phi) is 5.51. The number of nitrogens with one attached hydrogen (secondary N) is 4. The number of hydrogen-bond donors (Lipinski definition) is 4. The molecule has 0 unspecified atom stereocenters. The topological polar surface area (TPSA) is 109 Å². The first-order chi connectivity index (χ1) is 14.6. The molecule has 0 radical (unpaired) electrons. The molecule has 3 aromatic rings. The molecule has 0 saturated heterocycles. The van der Waals surface area contributed by atoms with E-state index in [-0.39, 0.29) is 12.8 Å². The van der Waals surface area contributed by atoms with Gasteiger partial charge in [-0.25, -0.2) is 14.8 Å². The molecular weight excluding hydrogens is 384 g/mol. The number of carbonyl (C=O) groups is 1. The molecule has 2 heterocycles. The molecule has 1 aromatic heterocycles. The summed E-state index contributed by atoms with van der Waals surface area (Å²) in [5.41, 5.74) is 2.12. The number of amides is 2. The summed E-state index contributed by atoms with van der Waals surface area (Å²) >= 11 is 0. The van der Waals surface area contributed by atoms with Crippen LogP contribution >= 0.6 is 0 Å². The highest BCUT2D eigenvalue weighted by Crippen LogP contribution is 2.34. The Hall–Kier alpha value is -4.01. The number of aryl methyl sites for hydroxylation is 1. The zero-order valence-electron chi connectivity index (χ0n) is 16.7. The molecule has 0 spiro atoms. The van der Waals surface area contributed by atoms with Crippen molar-refractivity contribution >= 4 is 34.7 Å². The molecule has 0 saturated carbocycles. The van der Waals surface area contributed by atoms with Crippen molar-refractivity contribution in [3.05, 3.63) is 54.4 Å². The molecule has 1 aliphatic heterocycles. The number of urea groups is 1. The number of carbonyl (C=O) groups excluding carboxylic acids is 1. The minimum absolute atomic E-state index is 0.191. The van der Waals surface area contributed by atoms with Crippen LogP contribution in [0, 0.1) is 6.92 Å². The van der Waals surface area contributed by atoms with Gasteiger partial charge in [0.15, 0.2) is 11.5 Å². The van der Waals surface area contributed by atoms with Crippen molar-refractivity contribution in [1.82, 2.24) is 9.97 Å². The Morgan fingerprint density at radius 1 is 0.900 bits per heavy atom. The molecule has 2 amide bonds. The Morgan fingerprint density at radius 3 is 2.37 bits per heavy atom. The van der Waals surface area contributed by atoms with E-state index in [0.29, 0.717) is 34.5 Å². The van der Waals surface area contributed by atoms with Crippen molar-refractivity contribution < 1.29 is 14.3 Å². The van der Waals surface area contributed by atoms with E-state index in [1.165, 1.54) is 0 Å². The highest BCUT2D eigenvalue weighted by Gasteiger charge is 2.14. The molecule has 4 rings (SSSR count). The van der Waals surface area contributed by atoms with Crippen molar-refractivity contribution in [3.8, 4) is 11.5 Å². The zero-order chi connectivity index (χ0) is 20.9.